The van der Waals surface area contributed by atoms with Gasteiger partial charge in [0.2, 0.25) is 5.91 Å². The van der Waals surface area contributed by atoms with Gasteiger partial charge in [-0.05, 0) is 26.2 Å². The lowest BCUT2D eigenvalue weighted by Crippen LogP contribution is -2.42. The predicted octanol–water partition coefficient (Wildman–Crippen LogP) is 0.335. The van der Waals surface area contributed by atoms with Crippen LogP contribution in [-0.4, -0.2) is 41.1 Å². The summed E-state index contributed by atoms with van der Waals surface area (Å²) in [6, 6.07) is 0.832. The van der Waals surface area contributed by atoms with E-state index in [4.69, 9.17) is 5.73 Å². The highest BCUT2D eigenvalue weighted by Gasteiger charge is 2.38. The smallest absolute Gasteiger partial charge is 0.238 e. The van der Waals surface area contributed by atoms with Crippen LogP contribution in [0.5, 0.6) is 0 Å². The maximum absolute atomic E-state index is 11.6. The first-order valence-corrected chi connectivity index (χ1v) is 5.51. The van der Waals surface area contributed by atoms with E-state index in [2.05, 4.69) is 5.01 Å². The molecule has 4 nitrogen and oxygen atoms in total. The molecule has 4 heteroatoms. The molecule has 2 rings (SSSR count). The summed E-state index contributed by atoms with van der Waals surface area (Å²) in [6.07, 6.45) is 4.09. The Morgan fingerprint density at radius 3 is 2.86 bits per heavy atom. The number of carbonyl (C=O) groups excluding carboxylic acids is 1. The largest absolute Gasteiger partial charge is 0.328 e. The van der Waals surface area contributed by atoms with Crippen molar-refractivity contribution in [3.8, 4) is 0 Å². The van der Waals surface area contributed by atoms with Crippen LogP contribution in [0.1, 0.15) is 32.6 Å². The Labute approximate surface area is 85.0 Å². The molecule has 1 amide bonds. The highest BCUT2D eigenvalue weighted by Crippen LogP contribution is 2.31. The molecule has 0 bridgehead atoms. The molecule has 1 saturated heterocycles. The Morgan fingerprint density at radius 1 is 1.57 bits per heavy atom. The second-order valence-electron chi connectivity index (χ2n) is 4.43. The van der Waals surface area contributed by atoms with E-state index in [1.807, 2.05) is 11.9 Å². The molecule has 0 aromatic rings. The van der Waals surface area contributed by atoms with E-state index < -0.39 is 0 Å². The summed E-state index contributed by atoms with van der Waals surface area (Å²) in [7, 11) is 0. The van der Waals surface area contributed by atoms with E-state index in [9.17, 15) is 4.79 Å². The molecule has 0 spiro atoms. The van der Waals surface area contributed by atoms with E-state index in [1.165, 1.54) is 12.8 Å². The van der Waals surface area contributed by atoms with Crippen molar-refractivity contribution in [1.29, 1.82) is 0 Å². The zero-order valence-electron chi connectivity index (χ0n) is 8.78. The monoisotopic (exact) mass is 197 g/mol. The second kappa shape index (κ2) is 3.87. The molecule has 1 aliphatic carbocycles. The summed E-state index contributed by atoms with van der Waals surface area (Å²) in [4.78, 5) is 11.6. The molecule has 0 radical (unpaired) electrons. The fourth-order valence-corrected chi connectivity index (χ4v) is 1.93. The normalized spacial score (nSPS) is 25.9. The molecule has 1 unspecified atom stereocenters. The Morgan fingerprint density at radius 2 is 2.29 bits per heavy atom. The molecule has 2 fully saturated rings. The fraction of sp³-hybridized carbons (Fsp3) is 0.900. The Balaban J connectivity index is 1.88. The molecule has 0 aromatic carbocycles. The summed E-state index contributed by atoms with van der Waals surface area (Å²) < 4.78 is 0. The lowest BCUT2D eigenvalue weighted by Gasteiger charge is -2.28. The van der Waals surface area contributed by atoms with Gasteiger partial charge in [0.15, 0.2) is 0 Å². The molecular formula is C10H19N3O. The van der Waals surface area contributed by atoms with Gasteiger partial charge in [-0.15, -0.1) is 0 Å². The van der Waals surface area contributed by atoms with Crippen molar-refractivity contribution in [3.63, 3.8) is 0 Å². The van der Waals surface area contributed by atoms with Gasteiger partial charge in [0, 0.05) is 31.6 Å². The minimum absolute atomic E-state index is 0.185. The number of amides is 1. The molecule has 2 N–H and O–H groups in total. The minimum atomic E-state index is 0.185. The highest BCUT2D eigenvalue weighted by atomic mass is 16.2. The summed E-state index contributed by atoms with van der Waals surface area (Å²) in [5, 5.41) is 4.16. The van der Waals surface area contributed by atoms with Crippen LogP contribution in [0.2, 0.25) is 0 Å². The van der Waals surface area contributed by atoms with Crippen LogP contribution >= 0.6 is 0 Å². The van der Waals surface area contributed by atoms with Crippen LogP contribution in [-0.2, 0) is 4.79 Å². The average Bonchev–Trinajstić information content (AvgIpc) is 2.88. The third-order valence-electron chi connectivity index (χ3n) is 2.92. The summed E-state index contributed by atoms with van der Waals surface area (Å²) >= 11 is 0. The SMILES string of the molecule is CC(N)CCN1C(=O)CCN1C1CC1. The Bertz CT molecular complexity index is 225. The average molecular weight is 197 g/mol. The fourth-order valence-electron chi connectivity index (χ4n) is 1.93. The first-order valence-electron chi connectivity index (χ1n) is 5.51. The molecule has 14 heavy (non-hydrogen) atoms. The number of carbonyl (C=O) groups is 1. The quantitative estimate of drug-likeness (QED) is 0.707. The van der Waals surface area contributed by atoms with Crippen molar-refractivity contribution in [2.75, 3.05) is 13.1 Å². The van der Waals surface area contributed by atoms with Crippen LogP contribution in [0.3, 0.4) is 0 Å². The van der Waals surface area contributed by atoms with E-state index in [-0.39, 0.29) is 11.9 Å². The molecule has 1 aliphatic heterocycles. The maximum Gasteiger partial charge on any atom is 0.238 e. The van der Waals surface area contributed by atoms with Gasteiger partial charge in [-0.25, -0.2) is 5.01 Å². The summed E-state index contributed by atoms with van der Waals surface area (Å²) in [5.41, 5.74) is 5.70. The van der Waals surface area contributed by atoms with Crippen LogP contribution in [0.25, 0.3) is 0 Å². The van der Waals surface area contributed by atoms with Gasteiger partial charge in [-0.2, -0.15) is 0 Å². The van der Waals surface area contributed by atoms with Crippen LogP contribution in [0.15, 0.2) is 0 Å². The van der Waals surface area contributed by atoms with Crippen molar-refractivity contribution < 1.29 is 4.79 Å². The van der Waals surface area contributed by atoms with Crippen LogP contribution in [0.4, 0.5) is 0 Å². The predicted molar refractivity (Wildman–Crippen MR) is 54.3 cm³/mol. The molecule has 80 valence electrons. The van der Waals surface area contributed by atoms with Crippen molar-refractivity contribution in [2.24, 2.45) is 5.73 Å². The third-order valence-corrected chi connectivity index (χ3v) is 2.92. The van der Waals surface area contributed by atoms with Crippen molar-refractivity contribution >= 4 is 5.91 Å². The van der Waals surface area contributed by atoms with Gasteiger partial charge >= 0.3 is 0 Å². The van der Waals surface area contributed by atoms with Crippen LogP contribution < -0.4 is 5.73 Å². The van der Waals surface area contributed by atoms with E-state index >= 15 is 0 Å². The summed E-state index contributed by atoms with van der Waals surface area (Å²) in [6.45, 7) is 3.71. The number of nitrogens with zero attached hydrogens (tertiary/aromatic N) is 2. The Kier molecular flexibility index (Phi) is 2.74. The van der Waals surface area contributed by atoms with Crippen molar-refractivity contribution in [3.05, 3.63) is 0 Å². The number of hydrogen-bond donors (Lipinski definition) is 1. The number of hydrazine groups is 1. The van der Waals surface area contributed by atoms with E-state index in [1.54, 1.807) is 0 Å². The zero-order chi connectivity index (χ0) is 10.1. The molecule has 2 aliphatic rings. The molecule has 1 saturated carbocycles. The molecular weight excluding hydrogens is 178 g/mol. The third kappa shape index (κ3) is 2.07. The molecule has 1 atom stereocenters. The highest BCUT2D eigenvalue weighted by molar-refractivity contribution is 5.77. The lowest BCUT2D eigenvalue weighted by atomic mass is 10.2. The topological polar surface area (TPSA) is 49.6 Å². The van der Waals surface area contributed by atoms with Gasteiger partial charge < -0.3 is 5.73 Å². The van der Waals surface area contributed by atoms with Gasteiger partial charge in [-0.3, -0.25) is 9.80 Å². The molecule has 0 aromatic heterocycles. The second-order valence-corrected chi connectivity index (χ2v) is 4.43. The van der Waals surface area contributed by atoms with E-state index in [0.717, 1.165) is 19.5 Å². The first-order chi connectivity index (χ1) is 6.68. The van der Waals surface area contributed by atoms with Crippen molar-refractivity contribution in [2.45, 2.75) is 44.7 Å². The van der Waals surface area contributed by atoms with Gasteiger partial charge in [0.1, 0.15) is 0 Å². The van der Waals surface area contributed by atoms with Crippen molar-refractivity contribution in [1.82, 2.24) is 10.0 Å². The zero-order valence-corrected chi connectivity index (χ0v) is 8.78. The van der Waals surface area contributed by atoms with E-state index in [0.29, 0.717) is 12.5 Å². The first kappa shape index (κ1) is 9.93. The standard InChI is InChI=1S/C10H19N3O/c1-8(11)4-6-13-10(14)5-7-12(13)9-2-3-9/h8-9H,2-7,11H2,1H3. The summed E-state index contributed by atoms with van der Waals surface area (Å²) in [5.74, 6) is 0.276. The molecule has 1 heterocycles. The van der Waals surface area contributed by atoms with Gasteiger partial charge in [-0.1, -0.05) is 0 Å². The minimum Gasteiger partial charge on any atom is -0.328 e. The van der Waals surface area contributed by atoms with Gasteiger partial charge in [0.05, 0.1) is 0 Å². The Hall–Kier alpha value is -0.610. The number of hydrogen-bond acceptors (Lipinski definition) is 3. The number of rotatable bonds is 4. The lowest BCUT2D eigenvalue weighted by molar-refractivity contribution is -0.138. The van der Waals surface area contributed by atoms with Crippen LogP contribution in [0, 0.1) is 0 Å². The van der Waals surface area contributed by atoms with Gasteiger partial charge in [0.25, 0.3) is 0 Å². The maximum atomic E-state index is 11.6. The number of nitrogens with two attached hydrogens (primary N) is 1.